The van der Waals surface area contributed by atoms with Crippen LogP contribution in [0.2, 0.25) is 0 Å². The number of aliphatic hydroxyl groups excluding tert-OH is 1. The molecule has 8 heteroatoms. The molecule has 1 aliphatic heterocycles. The minimum absolute atomic E-state index is 0.164. The number of likely N-dealkylation sites (tertiary alicyclic amines) is 1. The Morgan fingerprint density at radius 2 is 2.17 bits per heavy atom. The summed E-state index contributed by atoms with van der Waals surface area (Å²) in [5.74, 6) is 6.91. The molecule has 2 N–H and O–H groups in total. The molecule has 1 unspecified atom stereocenters. The van der Waals surface area contributed by atoms with Crippen LogP contribution in [0.3, 0.4) is 0 Å². The van der Waals surface area contributed by atoms with Crippen LogP contribution in [0.5, 0.6) is 5.75 Å². The smallest absolute Gasteiger partial charge is 0.303 e. The molecule has 7 nitrogen and oxygen atoms in total. The highest BCUT2D eigenvalue weighted by atomic mass is 32.1. The summed E-state index contributed by atoms with van der Waals surface area (Å²) in [5.41, 5.74) is 4.25. The van der Waals surface area contributed by atoms with Crippen LogP contribution in [-0.4, -0.2) is 57.8 Å². The number of hydrogen-bond acceptors (Lipinski definition) is 7. The first-order valence-corrected chi connectivity index (χ1v) is 12.9. The van der Waals surface area contributed by atoms with E-state index >= 15 is 0 Å². The van der Waals surface area contributed by atoms with Crippen LogP contribution in [0.25, 0.3) is 10.9 Å². The lowest BCUT2D eigenvalue weighted by atomic mass is 9.79. The van der Waals surface area contributed by atoms with Gasteiger partial charge in [-0.2, -0.15) is 0 Å². The standard InChI is InChI=1S/C27H31N3O4S/c1-34-22-6-7-25-24(15-22)23(10-12-28-25)26(31)8-4-19-11-14-30(16-20(19)5-9-27(32)33)13-2-3-21-17-35-18-29-21/h6-7,10,12,15,17-20,26,31H,4-5,8-9,11,13-14,16H2,1H3,(H,32,33)/t19-,20+,26?/m1/s1. The molecule has 3 aromatic rings. The summed E-state index contributed by atoms with van der Waals surface area (Å²) in [4.78, 5) is 22.2. The number of methoxy groups -OCH3 is 1. The maximum absolute atomic E-state index is 11.3. The Balaban J connectivity index is 1.39. The molecular formula is C27H31N3O4S. The van der Waals surface area contributed by atoms with E-state index in [4.69, 9.17) is 4.74 Å². The molecule has 0 saturated carbocycles. The van der Waals surface area contributed by atoms with Crippen molar-refractivity contribution in [2.45, 2.75) is 38.2 Å². The van der Waals surface area contributed by atoms with E-state index < -0.39 is 12.1 Å². The SMILES string of the molecule is COc1ccc2nccc(C(O)CC[C@@H]3CCN(CC#Cc4cscn4)C[C@@H]3CCC(=O)O)c2c1. The Hall–Kier alpha value is -2.99. The van der Waals surface area contributed by atoms with Gasteiger partial charge in [0.1, 0.15) is 11.4 Å². The van der Waals surface area contributed by atoms with Gasteiger partial charge in [-0.05, 0) is 79.8 Å². The van der Waals surface area contributed by atoms with E-state index in [0.717, 1.165) is 53.8 Å². The second-order valence-electron chi connectivity index (χ2n) is 9.03. The molecule has 1 aromatic carbocycles. The fourth-order valence-corrected chi connectivity index (χ4v) is 5.41. The maximum atomic E-state index is 11.3. The van der Waals surface area contributed by atoms with Crippen molar-refractivity contribution in [3.05, 3.63) is 52.6 Å². The minimum Gasteiger partial charge on any atom is -0.497 e. The fourth-order valence-electron chi connectivity index (χ4n) is 4.92. The van der Waals surface area contributed by atoms with Crippen LogP contribution in [0.4, 0.5) is 0 Å². The molecule has 3 atom stereocenters. The summed E-state index contributed by atoms with van der Waals surface area (Å²) < 4.78 is 5.36. The number of fused-ring (bicyclic) bond motifs is 1. The first-order chi connectivity index (χ1) is 17.0. The van der Waals surface area contributed by atoms with Crippen molar-refractivity contribution in [3.63, 3.8) is 0 Å². The first-order valence-electron chi connectivity index (χ1n) is 12.0. The third-order valence-corrected chi connectivity index (χ3v) is 7.39. The molecule has 1 aliphatic rings. The molecule has 4 rings (SSSR count). The van der Waals surface area contributed by atoms with Crippen LogP contribution < -0.4 is 4.74 Å². The van der Waals surface area contributed by atoms with Crippen LogP contribution in [0, 0.1) is 23.7 Å². The van der Waals surface area contributed by atoms with Gasteiger partial charge >= 0.3 is 5.97 Å². The molecule has 0 spiro atoms. The molecule has 0 aliphatic carbocycles. The molecule has 2 aromatic heterocycles. The zero-order chi connectivity index (χ0) is 24.6. The van der Waals surface area contributed by atoms with Gasteiger partial charge in [0.15, 0.2) is 0 Å². The van der Waals surface area contributed by atoms with Crippen LogP contribution in [-0.2, 0) is 4.79 Å². The summed E-state index contributed by atoms with van der Waals surface area (Å²) in [6, 6.07) is 7.56. The molecule has 1 saturated heterocycles. The average Bonchev–Trinajstić information content (AvgIpc) is 3.39. The highest BCUT2D eigenvalue weighted by molar-refractivity contribution is 7.07. The van der Waals surface area contributed by atoms with Gasteiger partial charge in [0.05, 0.1) is 30.8 Å². The van der Waals surface area contributed by atoms with Gasteiger partial charge in [-0.1, -0.05) is 5.92 Å². The van der Waals surface area contributed by atoms with E-state index in [1.807, 2.05) is 29.6 Å². The fraction of sp³-hybridized carbons (Fsp3) is 0.444. The van der Waals surface area contributed by atoms with Gasteiger partial charge in [-0.25, -0.2) is 4.98 Å². The molecule has 1 fully saturated rings. The highest BCUT2D eigenvalue weighted by Crippen LogP contribution is 2.35. The van der Waals surface area contributed by atoms with Gasteiger partial charge in [-0.15, -0.1) is 11.3 Å². The summed E-state index contributed by atoms with van der Waals surface area (Å²) in [5, 5.41) is 23.2. The number of carboxylic acid groups (broad SMARTS) is 1. The second-order valence-corrected chi connectivity index (χ2v) is 9.75. The Morgan fingerprint density at radius 3 is 2.94 bits per heavy atom. The molecule has 0 amide bonds. The van der Waals surface area contributed by atoms with Crippen molar-refractivity contribution < 1.29 is 19.7 Å². The Morgan fingerprint density at radius 1 is 1.29 bits per heavy atom. The molecule has 35 heavy (non-hydrogen) atoms. The lowest BCUT2D eigenvalue weighted by molar-refractivity contribution is -0.137. The topological polar surface area (TPSA) is 95.8 Å². The Bertz CT molecular complexity index is 1190. The Kier molecular flexibility index (Phi) is 8.69. The van der Waals surface area contributed by atoms with Crippen molar-refractivity contribution in [2.75, 3.05) is 26.7 Å². The van der Waals surface area contributed by atoms with Crippen molar-refractivity contribution in [1.29, 1.82) is 0 Å². The van der Waals surface area contributed by atoms with Crippen LogP contribution >= 0.6 is 11.3 Å². The number of piperidine rings is 1. The number of aliphatic carboxylic acids is 1. The summed E-state index contributed by atoms with van der Waals surface area (Å²) >= 11 is 1.53. The lowest BCUT2D eigenvalue weighted by Crippen LogP contribution is -2.41. The number of pyridine rings is 1. The summed E-state index contributed by atoms with van der Waals surface area (Å²) in [6.07, 6.45) is 4.35. The molecule has 184 valence electrons. The molecular weight excluding hydrogens is 462 g/mol. The van der Waals surface area contributed by atoms with Gasteiger partial charge in [0.2, 0.25) is 0 Å². The number of rotatable bonds is 9. The molecule has 0 bridgehead atoms. The van der Waals surface area contributed by atoms with Crippen LogP contribution in [0.15, 0.2) is 41.4 Å². The number of nitrogens with zero attached hydrogens (tertiary/aromatic N) is 3. The summed E-state index contributed by atoms with van der Waals surface area (Å²) in [6.45, 7) is 2.40. The lowest BCUT2D eigenvalue weighted by Gasteiger charge is -2.38. The van der Waals surface area contributed by atoms with E-state index in [0.29, 0.717) is 25.3 Å². The molecule has 3 heterocycles. The number of ether oxygens (including phenoxy) is 1. The van der Waals surface area contributed by atoms with E-state index in [1.165, 1.54) is 11.3 Å². The third-order valence-electron chi connectivity index (χ3n) is 6.81. The minimum atomic E-state index is -0.763. The molecule has 0 radical (unpaired) electrons. The van der Waals surface area contributed by atoms with Crippen molar-refractivity contribution in [2.24, 2.45) is 11.8 Å². The van der Waals surface area contributed by atoms with Crippen molar-refractivity contribution in [1.82, 2.24) is 14.9 Å². The largest absolute Gasteiger partial charge is 0.497 e. The average molecular weight is 494 g/mol. The predicted octanol–water partition coefficient (Wildman–Crippen LogP) is 4.37. The van der Waals surface area contributed by atoms with Gasteiger partial charge in [0.25, 0.3) is 0 Å². The van der Waals surface area contributed by atoms with Gasteiger partial charge < -0.3 is 14.9 Å². The number of carboxylic acids is 1. The quantitative estimate of drug-likeness (QED) is 0.428. The van der Waals surface area contributed by atoms with Gasteiger partial charge in [0, 0.05) is 29.9 Å². The zero-order valence-corrected chi connectivity index (χ0v) is 20.7. The monoisotopic (exact) mass is 493 g/mol. The Labute approximate surface area is 209 Å². The zero-order valence-electron chi connectivity index (χ0n) is 19.9. The first kappa shape index (κ1) is 25.1. The van der Waals surface area contributed by atoms with Crippen LogP contribution in [0.1, 0.15) is 49.5 Å². The number of thiazole rings is 1. The number of aromatic nitrogens is 2. The number of benzene rings is 1. The maximum Gasteiger partial charge on any atom is 0.303 e. The number of carbonyl (C=O) groups is 1. The van der Waals surface area contributed by atoms with E-state index in [-0.39, 0.29) is 12.3 Å². The van der Waals surface area contributed by atoms with E-state index in [9.17, 15) is 15.0 Å². The predicted molar refractivity (Wildman–Crippen MR) is 136 cm³/mol. The van der Waals surface area contributed by atoms with E-state index in [2.05, 4.69) is 26.7 Å². The summed E-state index contributed by atoms with van der Waals surface area (Å²) in [7, 11) is 1.63. The highest BCUT2D eigenvalue weighted by Gasteiger charge is 2.29. The number of hydrogen-bond donors (Lipinski definition) is 2. The normalized spacial score (nSPS) is 19.1. The van der Waals surface area contributed by atoms with Gasteiger partial charge in [-0.3, -0.25) is 14.7 Å². The van der Waals surface area contributed by atoms with Crippen molar-refractivity contribution in [3.8, 4) is 17.6 Å². The number of aliphatic hydroxyl groups is 1. The van der Waals surface area contributed by atoms with Crippen molar-refractivity contribution >= 4 is 28.2 Å². The van der Waals surface area contributed by atoms with E-state index in [1.54, 1.807) is 18.8 Å². The third kappa shape index (κ3) is 6.79. The second kappa shape index (κ2) is 12.1.